The van der Waals surface area contributed by atoms with Crippen LogP contribution >= 0.6 is 0 Å². The summed E-state index contributed by atoms with van der Waals surface area (Å²) in [5, 5.41) is 9.06. The largest absolute Gasteiger partial charge is 0.160 e. The fraction of sp³-hybridized carbons (Fsp3) is 0.579. The maximum absolute atomic E-state index is 4.62. The highest BCUT2D eigenvalue weighted by Gasteiger charge is 2.30. The van der Waals surface area contributed by atoms with Crippen molar-refractivity contribution in [3.8, 4) is 0 Å². The minimum Gasteiger partial charge on any atom is -0.160 e. The van der Waals surface area contributed by atoms with Gasteiger partial charge in [0.2, 0.25) is 0 Å². The Balaban J connectivity index is 2.72. The zero-order chi connectivity index (χ0) is 15.9. The number of hydrogen-bond acceptors (Lipinski definition) is 2. The van der Waals surface area contributed by atoms with Crippen LogP contribution < -0.4 is 0 Å². The van der Waals surface area contributed by atoms with Crippen LogP contribution in [0.15, 0.2) is 10.2 Å². The van der Waals surface area contributed by atoms with Gasteiger partial charge in [-0.2, -0.15) is 10.2 Å². The van der Waals surface area contributed by atoms with Crippen molar-refractivity contribution in [3.05, 3.63) is 33.4 Å². The normalized spacial score (nSPS) is 22.1. The highest BCUT2D eigenvalue weighted by molar-refractivity contribution is 6.09. The van der Waals surface area contributed by atoms with Gasteiger partial charge >= 0.3 is 0 Å². The van der Waals surface area contributed by atoms with E-state index in [9.17, 15) is 0 Å². The van der Waals surface area contributed by atoms with E-state index in [0.29, 0.717) is 11.8 Å². The lowest BCUT2D eigenvalue weighted by Gasteiger charge is -2.30. The second-order valence-corrected chi connectivity index (χ2v) is 6.53. The molecular weight excluding hydrogens is 256 g/mol. The molecule has 2 heteroatoms. The van der Waals surface area contributed by atoms with Crippen LogP contribution in [0.25, 0.3) is 0 Å². The van der Waals surface area contributed by atoms with Crippen LogP contribution in [0, 0.1) is 46.5 Å². The first-order valence-corrected chi connectivity index (χ1v) is 8.00. The van der Waals surface area contributed by atoms with Crippen molar-refractivity contribution in [3.63, 3.8) is 0 Å². The van der Waals surface area contributed by atoms with Crippen LogP contribution in [-0.2, 0) is 0 Å². The van der Waals surface area contributed by atoms with E-state index in [2.05, 4.69) is 65.6 Å². The fourth-order valence-corrected chi connectivity index (χ4v) is 3.49. The Morgan fingerprint density at radius 1 is 0.762 bits per heavy atom. The number of benzene rings is 1. The van der Waals surface area contributed by atoms with Gasteiger partial charge < -0.3 is 0 Å². The summed E-state index contributed by atoms with van der Waals surface area (Å²) in [6.07, 6.45) is 1.11. The molecular formula is C19H28N2. The van der Waals surface area contributed by atoms with Crippen LogP contribution in [-0.4, -0.2) is 11.4 Å². The van der Waals surface area contributed by atoms with Gasteiger partial charge in [-0.05, 0) is 75.8 Å². The van der Waals surface area contributed by atoms with Crippen molar-refractivity contribution >= 4 is 11.4 Å². The topological polar surface area (TPSA) is 24.7 Å². The number of nitrogens with zero attached hydrogens (tertiary/aromatic N) is 2. The lowest BCUT2D eigenvalue weighted by atomic mass is 9.77. The summed E-state index contributed by atoms with van der Waals surface area (Å²) in [7, 11) is 0. The summed E-state index contributed by atoms with van der Waals surface area (Å²) in [5.41, 5.74) is 10.6. The smallest absolute Gasteiger partial charge is 0.0745 e. The van der Waals surface area contributed by atoms with E-state index in [1.165, 1.54) is 39.1 Å². The molecule has 1 aliphatic heterocycles. The zero-order valence-corrected chi connectivity index (χ0v) is 14.8. The van der Waals surface area contributed by atoms with Gasteiger partial charge in [0.05, 0.1) is 5.71 Å². The standard InChI is InChI=1S/C19H28N2/c1-9-17-15(7)16(8)20-21-19(17)18-13(5)11(3)10(2)12(4)14(18)6/h15,17H,9H2,1-8H3. The van der Waals surface area contributed by atoms with Crippen LogP contribution in [0.3, 0.4) is 0 Å². The second-order valence-electron chi connectivity index (χ2n) is 6.53. The molecule has 0 saturated carbocycles. The number of hydrogen-bond donors (Lipinski definition) is 0. The average molecular weight is 284 g/mol. The Bertz CT molecular complexity index is 606. The van der Waals surface area contributed by atoms with Gasteiger partial charge in [-0.3, -0.25) is 0 Å². The van der Waals surface area contributed by atoms with Gasteiger partial charge in [0.25, 0.3) is 0 Å². The van der Waals surface area contributed by atoms with Gasteiger partial charge in [0.15, 0.2) is 0 Å². The lowest BCUT2D eigenvalue weighted by molar-refractivity contribution is 0.541. The zero-order valence-electron chi connectivity index (χ0n) is 14.8. The van der Waals surface area contributed by atoms with Gasteiger partial charge in [-0.1, -0.05) is 13.8 Å². The third-order valence-electron chi connectivity index (χ3n) is 5.63. The maximum Gasteiger partial charge on any atom is 0.0745 e. The summed E-state index contributed by atoms with van der Waals surface area (Å²) in [6.45, 7) is 17.8. The molecule has 0 amide bonds. The molecule has 2 nitrogen and oxygen atoms in total. The lowest BCUT2D eigenvalue weighted by Crippen LogP contribution is -2.31. The first kappa shape index (κ1) is 15.9. The van der Waals surface area contributed by atoms with Crippen LogP contribution in [0.5, 0.6) is 0 Å². The molecule has 114 valence electrons. The van der Waals surface area contributed by atoms with Gasteiger partial charge in [-0.25, -0.2) is 0 Å². The summed E-state index contributed by atoms with van der Waals surface area (Å²) < 4.78 is 0. The first-order valence-electron chi connectivity index (χ1n) is 8.00. The molecule has 0 aromatic heterocycles. The molecule has 1 heterocycles. The van der Waals surface area contributed by atoms with Crippen LogP contribution in [0.1, 0.15) is 60.6 Å². The summed E-state index contributed by atoms with van der Waals surface area (Å²) in [4.78, 5) is 0. The van der Waals surface area contributed by atoms with Crippen molar-refractivity contribution in [2.24, 2.45) is 22.0 Å². The van der Waals surface area contributed by atoms with Gasteiger partial charge in [0.1, 0.15) is 0 Å². The van der Waals surface area contributed by atoms with Crippen molar-refractivity contribution in [2.45, 2.75) is 61.8 Å². The van der Waals surface area contributed by atoms with E-state index in [1.54, 1.807) is 0 Å². The van der Waals surface area contributed by atoms with Gasteiger partial charge in [0, 0.05) is 23.1 Å². The SMILES string of the molecule is CCC1C(c2c(C)c(C)c(C)c(C)c2C)=NN=C(C)C1C. The van der Waals surface area contributed by atoms with E-state index < -0.39 is 0 Å². The molecule has 21 heavy (non-hydrogen) atoms. The summed E-state index contributed by atoms with van der Waals surface area (Å²) in [5.74, 6) is 0.949. The van der Waals surface area contributed by atoms with E-state index in [1.807, 2.05) is 0 Å². The minimum atomic E-state index is 0.474. The van der Waals surface area contributed by atoms with E-state index in [0.717, 1.165) is 12.1 Å². The highest BCUT2D eigenvalue weighted by atomic mass is 15.2. The molecule has 0 aliphatic carbocycles. The molecule has 1 aromatic carbocycles. The first-order chi connectivity index (χ1) is 9.81. The molecule has 0 radical (unpaired) electrons. The second kappa shape index (κ2) is 5.75. The predicted molar refractivity (Wildman–Crippen MR) is 92.7 cm³/mol. The third-order valence-corrected chi connectivity index (χ3v) is 5.63. The predicted octanol–water partition coefficient (Wildman–Crippen LogP) is 5.07. The van der Waals surface area contributed by atoms with E-state index in [-0.39, 0.29) is 0 Å². The van der Waals surface area contributed by atoms with Gasteiger partial charge in [-0.15, -0.1) is 0 Å². The third kappa shape index (κ3) is 2.45. The minimum absolute atomic E-state index is 0.474. The van der Waals surface area contributed by atoms with Crippen LogP contribution in [0.4, 0.5) is 0 Å². The molecule has 1 aliphatic rings. The average Bonchev–Trinajstić information content (AvgIpc) is 2.47. The molecule has 0 saturated heterocycles. The molecule has 0 fully saturated rings. The Morgan fingerprint density at radius 3 is 1.71 bits per heavy atom. The van der Waals surface area contributed by atoms with E-state index >= 15 is 0 Å². The summed E-state index contributed by atoms with van der Waals surface area (Å²) in [6, 6.07) is 0. The molecule has 0 bridgehead atoms. The molecule has 0 N–H and O–H groups in total. The number of rotatable bonds is 2. The quantitative estimate of drug-likeness (QED) is 0.724. The van der Waals surface area contributed by atoms with Crippen molar-refractivity contribution in [2.75, 3.05) is 0 Å². The molecule has 0 spiro atoms. The Kier molecular flexibility index (Phi) is 4.36. The molecule has 2 atom stereocenters. The van der Waals surface area contributed by atoms with Crippen molar-refractivity contribution in [1.29, 1.82) is 0 Å². The Morgan fingerprint density at radius 2 is 1.24 bits per heavy atom. The Hall–Kier alpha value is -1.44. The maximum atomic E-state index is 4.62. The molecule has 1 aromatic rings. The van der Waals surface area contributed by atoms with Crippen LogP contribution in [0.2, 0.25) is 0 Å². The monoisotopic (exact) mass is 284 g/mol. The molecule has 2 unspecified atom stereocenters. The van der Waals surface area contributed by atoms with Crippen molar-refractivity contribution in [1.82, 2.24) is 0 Å². The Labute approximate surface area is 129 Å². The summed E-state index contributed by atoms with van der Waals surface area (Å²) >= 11 is 0. The molecule has 2 rings (SSSR count). The fourth-order valence-electron chi connectivity index (χ4n) is 3.49. The van der Waals surface area contributed by atoms with E-state index in [4.69, 9.17) is 0 Å². The van der Waals surface area contributed by atoms with Crippen molar-refractivity contribution < 1.29 is 0 Å². The highest BCUT2D eigenvalue weighted by Crippen LogP contribution is 2.33.